The van der Waals surface area contributed by atoms with Crippen LogP contribution in [0.1, 0.15) is 78.5 Å². The van der Waals surface area contributed by atoms with Crippen molar-refractivity contribution in [3.05, 3.63) is 54.2 Å². The smallest absolute Gasteiger partial charge is 0.246 e. The number of aromatic amines is 2. The van der Waals surface area contributed by atoms with E-state index in [-0.39, 0.29) is 88.4 Å². The number of fused-ring (bicyclic) bond motifs is 1. The summed E-state index contributed by atoms with van der Waals surface area (Å²) in [5, 5.41) is 53.9. The minimum Gasteiger partial charge on any atom is -0.394 e. The van der Waals surface area contributed by atoms with Crippen molar-refractivity contribution < 1.29 is 86.9 Å². The number of hydrogen-bond acceptors (Lipinski definition) is 24. The van der Waals surface area contributed by atoms with Crippen LogP contribution in [0.25, 0.3) is 10.9 Å². The van der Waals surface area contributed by atoms with Crippen LogP contribution in [-0.4, -0.2) is 298 Å². The number of primary amides is 2. The molecule has 16 amide bonds. The summed E-state index contributed by atoms with van der Waals surface area (Å²) in [4.78, 5) is 227. The molecular weight excluding hydrogens is 1450 g/mol. The number of nitrogens with two attached hydrogens (primary N) is 2. The molecule has 0 spiro atoms. The van der Waals surface area contributed by atoms with Gasteiger partial charge in [0.2, 0.25) is 94.5 Å². The van der Waals surface area contributed by atoms with Crippen LogP contribution in [0.4, 0.5) is 0 Å². The van der Waals surface area contributed by atoms with Crippen molar-refractivity contribution in [2.75, 3.05) is 103 Å². The third-order valence-corrected chi connectivity index (χ3v) is 18.3. The molecule has 39 nitrogen and oxygen atoms in total. The number of carbonyl (C=O) groups is 16. The first-order chi connectivity index (χ1) is 51.1. The Balaban J connectivity index is 1.40. The van der Waals surface area contributed by atoms with Crippen LogP contribution in [0.3, 0.4) is 0 Å². The lowest BCUT2D eigenvalue weighted by Crippen LogP contribution is -2.60. The molecule has 41 heteroatoms. The summed E-state index contributed by atoms with van der Waals surface area (Å²) in [5.74, 6) is -12.8. The predicted octanol–water partition coefficient (Wildman–Crippen LogP) is -7.50. The first-order valence-electron chi connectivity index (χ1n) is 35.0. The molecule has 1 aliphatic heterocycles. The van der Waals surface area contributed by atoms with Crippen LogP contribution in [0.15, 0.2) is 43.0 Å². The van der Waals surface area contributed by atoms with Gasteiger partial charge in [-0.25, -0.2) is 4.98 Å². The first kappa shape index (κ1) is 90.6. The van der Waals surface area contributed by atoms with Crippen molar-refractivity contribution in [3.63, 3.8) is 0 Å². The predicted molar refractivity (Wildman–Crippen MR) is 397 cm³/mol. The van der Waals surface area contributed by atoms with Crippen molar-refractivity contribution in [3.8, 4) is 0 Å². The lowest BCUT2D eigenvalue weighted by atomic mass is 10.0. The second-order valence-corrected chi connectivity index (χ2v) is 28.8. The average Bonchev–Trinajstić information content (AvgIpc) is 1.72. The first-order valence-corrected chi connectivity index (χ1v) is 37.5. The molecule has 10 atom stereocenters. The largest absolute Gasteiger partial charge is 0.394 e. The highest BCUT2D eigenvalue weighted by Gasteiger charge is 2.36. The fourth-order valence-corrected chi connectivity index (χ4v) is 12.2. The van der Waals surface area contributed by atoms with Crippen molar-refractivity contribution in [1.29, 1.82) is 0 Å². The number of para-hydroxylation sites is 1. The van der Waals surface area contributed by atoms with E-state index in [1.165, 1.54) is 47.9 Å². The number of nitrogens with zero attached hydrogens (tertiary/aromatic N) is 4. The molecule has 4 rings (SSSR count). The van der Waals surface area contributed by atoms with E-state index in [0.717, 1.165) is 11.8 Å². The third kappa shape index (κ3) is 31.9. The SMILES string of the molecule is CSCC[C@H](NC(=O)[C@H](CC(C)C)NC(=O)[C@H](Cc1cnc[nH]1)NC(=O)CNC(=O)[C@@H](NC(=O)[C@H](C)NC(=O)[C@H](Cc1c[nH]c2ccccc12)NC(=O)[C@H](CCC(N)=O)N[C@@H](CO)C(=O)NC(=O)CN1CCN(C(=O)CNC(=O)[C@H](CSCNC(C)=O)NC(=O)[C@H](CO)NC(=O)CN(C)C)CC1)C(C)C)C(N)=O. The van der Waals surface area contributed by atoms with Gasteiger partial charge in [-0.1, -0.05) is 45.9 Å². The molecule has 1 fully saturated rings. The Morgan fingerprint density at radius 2 is 1.21 bits per heavy atom. The summed E-state index contributed by atoms with van der Waals surface area (Å²) in [6.07, 6.45) is 5.40. The Bertz CT molecular complexity index is 3570. The molecule has 0 unspecified atom stereocenters. The number of nitrogens with one attached hydrogen (secondary N) is 15. The Hall–Kier alpha value is -9.81. The Morgan fingerprint density at radius 1 is 0.611 bits per heavy atom. The highest BCUT2D eigenvalue weighted by molar-refractivity contribution is 7.99. The van der Waals surface area contributed by atoms with Gasteiger partial charge in [0, 0.05) is 87.1 Å². The molecule has 1 saturated heterocycles. The van der Waals surface area contributed by atoms with Gasteiger partial charge >= 0.3 is 0 Å². The molecule has 0 bridgehead atoms. The molecule has 598 valence electrons. The normalized spacial score (nSPS) is 15.1. The zero-order valence-electron chi connectivity index (χ0n) is 62.1. The fourth-order valence-electron chi connectivity index (χ4n) is 10.9. The second kappa shape index (κ2) is 46.4. The maximum atomic E-state index is 14.5. The highest BCUT2D eigenvalue weighted by Crippen LogP contribution is 2.20. The summed E-state index contributed by atoms with van der Waals surface area (Å²) in [6.45, 7) is 6.31. The number of hydrogen-bond donors (Lipinski definition) is 19. The maximum Gasteiger partial charge on any atom is 0.246 e. The Kier molecular flexibility index (Phi) is 38.9. The summed E-state index contributed by atoms with van der Waals surface area (Å²) in [7, 11) is 3.25. The summed E-state index contributed by atoms with van der Waals surface area (Å²) in [6, 6.07) is -6.65. The molecule has 108 heavy (non-hydrogen) atoms. The van der Waals surface area contributed by atoms with Gasteiger partial charge in [0.15, 0.2) is 0 Å². The number of likely N-dealkylation sites (N-methyl/N-ethyl adjacent to an activating group) is 1. The Morgan fingerprint density at radius 3 is 1.82 bits per heavy atom. The molecule has 1 aromatic carbocycles. The minimum atomic E-state index is -1.69. The number of imide groups is 1. The number of imidazole rings is 1. The standard InChI is InChI=1S/C67H105N21O18S2/c1-36(2)22-46(63(102)80-44(58(69)97)16-21-107-9)81-64(103)48(24-41-26-70-34-74-41)78-53(93)27-72-67(106)57(37(3)4)85-59(98)38(5)76-62(101)47(23-40-25-71-43-13-11-10-12-42(40)43)82-61(100)45(14-15-52(68)92)77-49(31-89)66(105)84-55(95)30-87-17-19-88(20-18-87)56(96)28-73-60(99)51(33-108-35-75-39(6)91)83-65(104)50(32-90)79-54(94)29-86(7)8/h10-13,25-26,34,36-38,44-51,57,71,77,89-90H,14-24,27-33,35H2,1-9H3,(H2,68,92)(H2,69,97)(H,70,74)(H,72,106)(H,73,99)(H,75,91)(H,76,101)(H,78,93)(H,79,94)(H,80,102)(H,81,103)(H,82,100)(H,83,104)(H,85,98)(H,84,95,105)/t38-,44-,45-,46-,47-,48-,49-,50-,51-,57-/m0/s1. The topological polar surface area (TPSA) is 576 Å². The van der Waals surface area contributed by atoms with E-state index in [0.29, 0.717) is 27.9 Å². The average molecular weight is 1560 g/mol. The number of benzene rings is 1. The zero-order chi connectivity index (χ0) is 80.3. The van der Waals surface area contributed by atoms with E-state index in [4.69, 9.17) is 11.5 Å². The molecule has 1 aliphatic rings. The maximum absolute atomic E-state index is 14.5. The minimum absolute atomic E-state index is 0.0638. The molecule has 3 heterocycles. The van der Waals surface area contributed by atoms with Crippen LogP contribution < -0.4 is 80.6 Å². The number of H-pyrrole nitrogens is 2. The van der Waals surface area contributed by atoms with Crippen LogP contribution in [0.2, 0.25) is 0 Å². The van der Waals surface area contributed by atoms with Crippen LogP contribution in [0, 0.1) is 11.8 Å². The lowest BCUT2D eigenvalue weighted by molar-refractivity contribution is -0.136. The molecule has 3 aromatic rings. The molecule has 21 N–H and O–H groups in total. The summed E-state index contributed by atoms with van der Waals surface area (Å²) >= 11 is 2.52. The van der Waals surface area contributed by atoms with Crippen LogP contribution >= 0.6 is 23.5 Å². The van der Waals surface area contributed by atoms with Gasteiger partial charge < -0.3 is 99.9 Å². The number of amides is 16. The van der Waals surface area contributed by atoms with Crippen molar-refractivity contribution >= 4 is 129 Å². The molecule has 2 aromatic heterocycles. The number of aliphatic hydroxyl groups excluding tert-OH is 2. The number of rotatable bonds is 47. The number of aromatic nitrogens is 3. The van der Waals surface area contributed by atoms with E-state index in [9.17, 15) is 86.9 Å². The van der Waals surface area contributed by atoms with E-state index >= 15 is 0 Å². The van der Waals surface area contributed by atoms with E-state index < -0.39 is 194 Å². The Labute approximate surface area is 633 Å². The monoisotopic (exact) mass is 1560 g/mol. The van der Waals surface area contributed by atoms with Crippen molar-refractivity contribution in [2.24, 2.45) is 23.3 Å². The van der Waals surface area contributed by atoms with Gasteiger partial charge in [0.25, 0.3) is 0 Å². The van der Waals surface area contributed by atoms with Gasteiger partial charge in [-0.05, 0) is 75.8 Å². The summed E-state index contributed by atoms with van der Waals surface area (Å²) in [5.41, 5.74) is 12.7. The van der Waals surface area contributed by atoms with E-state index in [1.807, 2.05) is 20.1 Å². The number of thioether (sulfide) groups is 2. The van der Waals surface area contributed by atoms with E-state index in [1.54, 1.807) is 63.3 Å². The van der Waals surface area contributed by atoms with E-state index in [2.05, 4.69) is 84.1 Å². The van der Waals surface area contributed by atoms with Crippen molar-refractivity contribution in [2.45, 2.75) is 140 Å². The van der Waals surface area contributed by atoms with Crippen LogP contribution in [0.5, 0.6) is 0 Å². The van der Waals surface area contributed by atoms with Gasteiger partial charge in [-0.15, -0.1) is 11.8 Å². The molecule has 0 radical (unpaired) electrons. The third-order valence-electron chi connectivity index (χ3n) is 16.7. The quantitative estimate of drug-likeness (QED) is 0.0184. The van der Waals surface area contributed by atoms with Gasteiger partial charge in [0.1, 0.15) is 54.4 Å². The fraction of sp³-hybridized carbons (Fsp3) is 0.597. The second-order valence-electron chi connectivity index (χ2n) is 26.7. The van der Waals surface area contributed by atoms with Gasteiger partial charge in [0.05, 0.1) is 57.6 Å². The highest BCUT2D eigenvalue weighted by atomic mass is 32.2. The lowest BCUT2D eigenvalue weighted by Gasteiger charge is -2.34. The number of aliphatic hydroxyl groups is 2. The summed E-state index contributed by atoms with van der Waals surface area (Å²) < 4.78 is 0. The number of piperazine rings is 1. The zero-order valence-corrected chi connectivity index (χ0v) is 63.7. The molecule has 0 saturated carbocycles. The molecular formula is C67H105N21O18S2. The number of carbonyl (C=O) groups excluding carboxylic acids is 16. The molecule has 0 aliphatic carbocycles. The van der Waals surface area contributed by atoms with Gasteiger partial charge in [-0.3, -0.25) is 92.2 Å². The van der Waals surface area contributed by atoms with Crippen LogP contribution in [-0.2, 0) is 89.6 Å². The van der Waals surface area contributed by atoms with Gasteiger partial charge in [-0.2, -0.15) is 11.8 Å². The van der Waals surface area contributed by atoms with Crippen molar-refractivity contribution in [1.82, 2.24) is 98.8 Å².